The van der Waals surface area contributed by atoms with Crippen LogP contribution in [0, 0.1) is 17.1 Å². The van der Waals surface area contributed by atoms with E-state index in [4.69, 9.17) is 14.7 Å². The normalized spacial score (nSPS) is 18.5. The third kappa shape index (κ3) is 4.41. The zero-order chi connectivity index (χ0) is 21.8. The minimum absolute atomic E-state index is 0.0876. The van der Waals surface area contributed by atoms with Gasteiger partial charge in [0.1, 0.15) is 29.0 Å². The summed E-state index contributed by atoms with van der Waals surface area (Å²) in [6.45, 7) is 4.52. The highest BCUT2D eigenvalue weighted by atomic mass is 19.1. The number of ether oxygens (including phenoxy) is 2. The molecule has 2 atom stereocenters. The number of aromatic nitrogens is 2. The number of carbonyl (C=O) groups excluding carboxylic acids is 1. The molecule has 9 nitrogen and oxygen atoms in total. The van der Waals surface area contributed by atoms with E-state index >= 15 is 0 Å². The molecule has 1 amide bonds. The van der Waals surface area contributed by atoms with Gasteiger partial charge < -0.3 is 25.0 Å². The van der Waals surface area contributed by atoms with Crippen LogP contribution in [0.5, 0.6) is 5.75 Å². The van der Waals surface area contributed by atoms with Crippen molar-refractivity contribution in [2.75, 3.05) is 37.9 Å². The van der Waals surface area contributed by atoms with Crippen LogP contribution in [0.4, 0.5) is 21.8 Å². The van der Waals surface area contributed by atoms with E-state index in [2.05, 4.69) is 20.6 Å². The number of hydrogen-bond acceptors (Lipinski definition) is 8. The zero-order valence-corrected chi connectivity index (χ0v) is 17.2. The lowest BCUT2D eigenvalue weighted by Crippen LogP contribution is -2.48. The van der Waals surface area contributed by atoms with Crippen molar-refractivity contribution in [3.63, 3.8) is 0 Å². The summed E-state index contributed by atoms with van der Waals surface area (Å²) < 4.78 is 25.8. The Morgan fingerprint density at radius 3 is 2.67 bits per heavy atom. The van der Waals surface area contributed by atoms with Gasteiger partial charge >= 0.3 is 0 Å². The number of hydrogen-bond donors (Lipinski definition) is 2. The number of amides is 1. The fraction of sp³-hybridized carbons (Fsp3) is 0.400. The third-order valence-corrected chi connectivity index (χ3v) is 4.62. The van der Waals surface area contributed by atoms with Gasteiger partial charge in [-0.2, -0.15) is 10.2 Å². The Bertz CT molecular complexity index is 983. The first-order valence-electron chi connectivity index (χ1n) is 9.40. The predicted molar refractivity (Wildman–Crippen MR) is 108 cm³/mol. The quantitative estimate of drug-likeness (QED) is 0.768. The number of benzene rings is 1. The highest BCUT2D eigenvalue weighted by molar-refractivity contribution is 5.96. The van der Waals surface area contributed by atoms with Crippen molar-refractivity contribution >= 4 is 23.4 Å². The minimum Gasteiger partial charge on any atom is -0.495 e. The SMILES string of the molecule is CNc1nc(Nc2cc(F)c(C(=O)N3C[C@@H](C)O[C@@H](C)C3)cc2OC)ncc1C#N. The molecule has 1 aromatic heterocycles. The molecular formula is C20H23FN6O3. The molecule has 2 aromatic rings. The van der Waals surface area contributed by atoms with Crippen LogP contribution >= 0.6 is 0 Å². The second kappa shape index (κ2) is 8.92. The lowest BCUT2D eigenvalue weighted by atomic mass is 10.1. The van der Waals surface area contributed by atoms with Crippen molar-refractivity contribution < 1.29 is 18.7 Å². The Morgan fingerprint density at radius 1 is 1.37 bits per heavy atom. The molecule has 0 unspecified atom stereocenters. The van der Waals surface area contributed by atoms with Gasteiger partial charge in [-0.05, 0) is 19.9 Å². The molecule has 1 aliphatic heterocycles. The second-order valence-corrected chi connectivity index (χ2v) is 6.94. The summed E-state index contributed by atoms with van der Waals surface area (Å²) >= 11 is 0. The molecule has 3 rings (SSSR count). The summed E-state index contributed by atoms with van der Waals surface area (Å²) in [5.74, 6) is -0.389. The van der Waals surface area contributed by atoms with E-state index in [9.17, 15) is 9.18 Å². The van der Waals surface area contributed by atoms with Gasteiger partial charge in [0, 0.05) is 26.2 Å². The maximum atomic E-state index is 14.9. The first-order valence-corrected chi connectivity index (χ1v) is 9.40. The van der Waals surface area contributed by atoms with Crippen molar-refractivity contribution in [2.24, 2.45) is 0 Å². The molecule has 1 aromatic carbocycles. The molecule has 0 radical (unpaired) electrons. The monoisotopic (exact) mass is 414 g/mol. The van der Waals surface area contributed by atoms with Crippen LogP contribution in [0.2, 0.25) is 0 Å². The highest BCUT2D eigenvalue weighted by Crippen LogP contribution is 2.31. The number of morpholine rings is 1. The van der Waals surface area contributed by atoms with Crippen LogP contribution in [0.25, 0.3) is 0 Å². The van der Waals surface area contributed by atoms with E-state index in [1.165, 1.54) is 25.4 Å². The van der Waals surface area contributed by atoms with Crippen LogP contribution in [0.3, 0.4) is 0 Å². The van der Waals surface area contributed by atoms with Gasteiger partial charge in [0.25, 0.3) is 5.91 Å². The number of nitrogens with zero attached hydrogens (tertiary/aromatic N) is 4. The first-order chi connectivity index (χ1) is 14.4. The zero-order valence-electron chi connectivity index (χ0n) is 17.2. The molecule has 1 fully saturated rings. The van der Waals surface area contributed by atoms with E-state index in [-0.39, 0.29) is 40.7 Å². The Kier molecular flexibility index (Phi) is 6.32. The second-order valence-electron chi connectivity index (χ2n) is 6.94. The number of halogens is 1. The molecule has 0 bridgehead atoms. The van der Waals surface area contributed by atoms with Gasteiger partial charge in [-0.1, -0.05) is 0 Å². The van der Waals surface area contributed by atoms with Crippen LogP contribution in [-0.4, -0.2) is 60.2 Å². The molecular weight excluding hydrogens is 391 g/mol. The Balaban J connectivity index is 1.89. The lowest BCUT2D eigenvalue weighted by Gasteiger charge is -2.35. The maximum absolute atomic E-state index is 14.9. The molecule has 10 heteroatoms. The summed E-state index contributed by atoms with van der Waals surface area (Å²) in [7, 11) is 3.05. The molecule has 1 saturated heterocycles. The topological polar surface area (TPSA) is 112 Å². The molecule has 30 heavy (non-hydrogen) atoms. The number of rotatable bonds is 5. The van der Waals surface area contributed by atoms with Gasteiger partial charge in [0.2, 0.25) is 5.95 Å². The fourth-order valence-electron chi connectivity index (χ4n) is 3.33. The summed E-state index contributed by atoms with van der Waals surface area (Å²) in [6, 6.07) is 4.50. The Morgan fingerprint density at radius 2 is 2.07 bits per heavy atom. The molecule has 2 N–H and O–H groups in total. The fourth-order valence-corrected chi connectivity index (χ4v) is 3.33. The van der Waals surface area contributed by atoms with E-state index in [0.717, 1.165) is 0 Å². The van der Waals surface area contributed by atoms with E-state index in [1.807, 2.05) is 19.9 Å². The van der Waals surface area contributed by atoms with Crippen molar-refractivity contribution in [1.29, 1.82) is 5.26 Å². The molecule has 0 saturated carbocycles. The van der Waals surface area contributed by atoms with Crippen molar-refractivity contribution in [3.05, 3.63) is 35.3 Å². The average Bonchev–Trinajstić information content (AvgIpc) is 2.72. The lowest BCUT2D eigenvalue weighted by molar-refractivity contribution is -0.0587. The summed E-state index contributed by atoms with van der Waals surface area (Å²) in [6.07, 6.45) is 1.10. The van der Waals surface area contributed by atoms with Crippen molar-refractivity contribution in [1.82, 2.24) is 14.9 Å². The van der Waals surface area contributed by atoms with Gasteiger partial charge in [-0.3, -0.25) is 4.79 Å². The van der Waals surface area contributed by atoms with Crippen LogP contribution in [-0.2, 0) is 4.74 Å². The molecule has 2 heterocycles. The highest BCUT2D eigenvalue weighted by Gasteiger charge is 2.29. The number of anilines is 3. The number of methoxy groups -OCH3 is 1. The Labute approximate surface area is 173 Å². The smallest absolute Gasteiger partial charge is 0.257 e. The third-order valence-electron chi connectivity index (χ3n) is 4.62. The van der Waals surface area contributed by atoms with Crippen molar-refractivity contribution in [2.45, 2.75) is 26.1 Å². The standard InChI is InChI=1S/C20H23FN6O3/c1-11-9-27(10-12(2)30-11)19(28)14-5-17(29-4)16(6-15(14)21)25-20-24-8-13(7-22)18(23-3)26-20/h5-6,8,11-12H,9-10H2,1-4H3,(H2,23,24,25,26)/t11-,12+. The number of carbonyl (C=O) groups is 1. The molecule has 158 valence electrons. The average molecular weight is 414 g/mol. The van der Waals surface area contributed by atoms with E-state index < -0.39 is 11.7 Å². The summed E-state index contributed by atoms with van der Waals surface area (Å²) in [5, 5.41) is 14.7. The van der Waals surface area contributed by atoms with Gasteiger partial charge in [0.15, 0.2) is 0 Å². The van der Waals surface area contributed by atoms with Crippen molar-refractivity contribution in [3.8, 4) is 11.8 Å². The molecule has 0 spiro atoms. The van der Waals surface area contributed by atoms with Crippen LogP contribution < -0.4 is 15.4 Å². The minimum atomic E-state index is -0.697. The van der Waals surface area contributed by atoms with E-state index in [1.54, 1.807) is 11.9 Å². The Hall–Kier alpha value is -3.45. The summed E-state index contributed by atoms with van der Waals surface area (Å²) in [4.78, 5) is 22.7. The van der Waals surface area contributed by atoms with Gasteiger partial charge in [-0.15, -0.1) is 0 Å². The number of nitriles is 1. The van der Waals surface area contributed by atoms with Gasteiger partial charge in [0.05, 0.1) is 36.8 Å². The molecule has 0 aliphatic carbocycles. The maximum Gasteiger partial charge on any atom is 0.257 e. The summed E-state index contributed by atoms with van der Waals surface area (Å²) in [5.41, 5.74) is 0.438. The number of nitrogens with one attached hydrogen (secondary N) is 2. The predicted octanol–water partition coefficient (Wildman–Crippen LogP) is 2.53. The van der Waals surface area contributed by atoms with Gasteiger partial charge in [-0.25, -0.2) is 9.37 Å². The van der Waals surface area contributed by atoms with Crippen LogP contribution in [0.1, 0.15) is 29.8 Å². The van der Waals surface area contributed by atoms with Crippen LogP contribution in [0.15, 0.2) is 18.3 Å². The van der Waals surface area contributed by atoms with E-state index in [0.29, 0.717) is 18.9 Å². The first kappa shape index (κ1) is 21.3. The largest absolute Gasteiger partial charge is 0.495 e. The molecule has 1 aliphatic rings.